The Morgan fingerprint density at radius 1 is 1.10 bits per heavy atom. The van der Waals surface area contributed by atoms with Crippen LogP contribution in [-0.2, 0) is 48.0 Å². The van der Waals surface area contributed by atoms with Crippen LogP contribution in [0.1, 0.15) is 0 Å². The Labute approximate surface area is 91.9 Å². The van der Waals surface area contributed by atoms with Gasteiger partial charge in [0.2, 0.25) is 0 Å². The van der Waals surface area contributed by atoms with Gasteiger partial charge in [-0.2, -0.15) is 0 Å². The van der Waals surface area contributed by atoms with Gasteiger partial charge in [0.05, 0.1) is 0 Å². The molecule has 0 saturated heterocycles. The first-order valence-corrected chi connectivity index (χ1v) is 10.4. The summed E-state index contributed by atoms with van der Waals surface area (Å²) < 4.78 is 34.1. The van der Waals surface area contributed by atoms with Gasteiger partial charge >= 0.3 is 65.1 Å². The summed E-state index contributed by atoms with van der Waals surface area (Å²) >= 11 is -1.79. The van der Waals surface area contributed by atoms with E-state index in [2.05, 4.69) is 0 Å². The fourth-order valence-electron chi connectivity index (χ4n) is 0. The standard InChI is InChI=1S/Ag.Au.3ClH.H2O4S/c;;;;;1-5(2,3)4/h;;3*1H;(H2,1,2,3,4)/q+2;+3;;;;/p-5. The minimum absolute atomic E-state index is 0. The number of halogens is 3. The molecule has 0 atom stereocenters. The summed E-state index contributed by atoms with van der Waals surface area (Å²) in [7, 11) is 9.69. The second-order valence-electron chi connectivity index (χ2n) is 0.537. The van der Waals surface area contributed by atoms with Crippen molar-refractivity contribution < 1.29 is 55.1 Å². The predicted molar refractivity (Wildman–Crippen MR) is 28.0 cm³/mol. The van der Waals surface area contributed by atoms with Gasteiger partial charge in [0.1, 0.15) is 0 Å². The summed E-state index contributed by atoms with van der Waals surface area (Å²) in [4.78, 5) is 0. The van der Waals surface area contributed by atoms with Gasteiger partial charge in [0.15, 0.2) is 0 Å². The van der Waals surface area contributed by atoms with Crippen LogP contribution in [-0.4, -0.2) is 17.5 Å². The zero-order valence-electron chi connectivity index (χ0n) is 3.78. The molecule has 1 radical (unpaired) electrons. The number of hydrogen-bond donors (Lipinski definition) is 0. The zero-order valence-corrected chi connectivity index (χ0v) is 10.5. The van der Waals surface area contributed by atoms with E-state index in [0.29, 0.717) is 0 Å². The Hall–Kier alpha value is 2.22. The fourth-order valence-corrected chi connectivity index (χ4v) is 0. The van der Waals surface area contributed by atoms with Gasteiger partial charge in [-0.05, 0) is 0 Å². The third-order valence-electron chi connectivity index (χ3n) is 0. The minimum atomic E-state index is -5.17. The van der Waals surface area contributed by atoms with Crippen molar-refractivity contribution in [2.45, 2.75) is 0 Å². The molecule has 0 aliphatic rings. The zero-order chi connectivity index (χ0) is 8.08. The Kier molecular flexibility index (Phi) is 16.8. The van der Waals surface area contributed by atoms with E-state index in [0.717, 1.165) is 0 Å². The van der Waals surface area contributed by atoms with Crippen molar-refractivity contribution in [1.29, 1.82) is 0 Å². The van der Waals surface area contributed by atoms with Crippen LogP contribution in [0.25, 0.3) is 0 Å². The molecule has 0 aromatic carbocycles. The molecule has 0 saturated carbocycles. The molecule has 0 aromatic rings. The van der Waals surface area contributed by atoms with Crippen molar-refractivity contribution in [2.75, 3.05) is 0 Å². The summed E-state index contributed by atoms with van der Waals surface area (Å²) in [5, 5.41) is 0. The second-order valence-corrected chi connectivity index (χ2v) is 10.7. The van der Waals surface area contributed by atoms with Gasteiger partial charge in [-0.25, -0.2) is 0 Å². The fraction of sp³-hybridized carbons (Fsp3) is 0. The average molecular weight is 507 g/mol. The Morgan fingerprint density at radius 2 is 1.10 bits per heavy atom. The van der Waals surface area contributed by atoms with E-state index in [9.17, 15) is 0 Å². The van der Waals surface area contributed by atoms with Crippen LogP contribution in [0.15, 0.2) is 0 Å². The molecule has 0 aliphatic carbocycles. The maximum absolute atomic E-state index is 8.52. The van der Waals surface area contributed by atoms with E-state index >= 15 is 0 Å². The molecular weight excluding hydrogens is 507 g/mol. The Morgan fingerprint density at radius 3 is 1.10 bits per heavy atom. The Balaban J connectivity index is -0.0000000910. The van der Waals surface area contributed by atoms with Gasteiger partial charge < -0.3 is 9.11 Å². The summed E-state index contributed by atoms with van der Waals surface area (Å²) in [6, 6.07) is 0. The molecular formula is AgAuCl3O4S. The summed E-state index contributed by atoms with van der Waals surface area (Å²) in [6.07, 6.45) is 0. The molecule has 0 bridgehead atoms. The molecule has 0 amide bonds. The first kappa shape index (κ1) is 18.1. The van der Waals surface area contributed by atoms with Crippen LogP contribution < -0.4 is 0 Å². The Bertz CT molecular complexity index is 132. The van der Waals surface area contributed by atoms with Gasteiger partial charge in [0.25, 0.3) is 0 Å². The first-order chi connectivity index (χ1) is 3.73. The number of hydrogen-bond acceptors (Lipinski definition) is 4. The van der Waals surface area contributed by atoms with Crippen molar-refractivity contribution in [3.05, 3.63) is 0 Å². The molecule has 0 aromatic heterocycles. The molecule has 10 heavy (non-hydrogen) atoms. The van der Waals surface area contributed by atoms with Gasteiger partial charge in [-0.3, -0.25) is 8.42 Å². The molecule has 73 valence electrons. The molecule has 0 unspecified atom stereocenters. The predicted octanol–water partition coefficient (Wildman–Crippen LogP) is 0.726. The third kappa shape index (κ3) is 176. The van der Waals surface area contributed by atoms with Crippen molar-refractivity contribution >= 4 is 38.0 Å². The van der Waals surface area contributed by atoms with E-state index in [4.69, 9.17) is 45.1 Å². The van der Waals surface area contributed by atoms with E-state index in [1.165, 1.54) is 0 Å². The molecule has 4 nitrogen and oxygen atoms in total. The van der Waals surface area contributed by atoms with Gasteiger partial charge in [-0.1, -0.05) is 0 Å². The molecule has 0 aliphatic heterocycles. The SMILES string of the molecule is O=S(=O)([O-])[O-].[Ag+2].[Cl][Au]([Cl])[Cl]. The van der Waals surface area contributed by atoms with E-state index < -0.39 is 25.6 Å². The maximum atomic E-state index is 8.52. The van der Waals surface area contributed by atoms with Crippen molar-refractivity contribution in [3.8, 4) is 0 Å². The van der Waals surface area contributed by atoms with Crippen molar-refractivity contribution in [3.63, 3.8) is 0 Å². The topological polar surface area (TPSA) is 80.3 Å². The van der Waals surface area contributed by atoms with Crippen LogP contribution in [0.3, 0.4) is 0 Å². The normalized spacial score (nSPS) is 10.3. The third-order valence-corrected chi connectivity index (χ3v) is 0. The molecule has 0 heterocycles. The molecule has 0 N–H and O–H groups in total. The molecule has 0 rings (SSSR count). The van der Waals surface area contributed by atoms with E-state index in [1.54, 1.807) is 0 Å². The van der Waals surface area contributed by atoms with E-state index in [-0.39, 0.29) is 22.4 Å². The summed E-state index contributed by atoms with van der Waals surface area (Å²) in [5.74, 6) is 0. The molecule has 0 spiro atoms. The van der Waals surface area contributed by atoms with Crippen LogP contribution in [0.5, 0.6) is 0 Å². The quantitative estimate of drug-likeness (QED) is 0.275. The second kappa shape index (κ2) is 9.31. The van der Waals surface area contributed by atoms with Gasteiger partial charge in [-0.15, -0.1) is 0 Å². The monoisotopic (exact) mass is 505 g/mol. The summed E-state index contributed by atoms with van der Waals surface area (Å²) in [6.45, 7) is 0. The van der Waals surface area contributed by atoms with Crippen LogP contribution in [0.2, 0.25) is 0 Å². The van der Waals surface area contributed by atoms with Crippen molar-refractivity contribution in [1.82, 2.24) is 0 Å². The first-order valence-electron chi connectivity index (χ1n) is 1.01. The van der Waals surface area contributed by atoms with Crippen LogP contribution in [0, 0.1) is 0 Å². The van der Waals surface area contributed by atoms with Gasteiger partial charge in [0, 0.05) is 10.4 Å². The summed E-state index contributed by atoms with van der Waals surface area (Å²) in [5.41, 5.74) is 0. The van der Waals surface area contributed by atoms with Crippen LogP contribution in [0.4, 0.5) is 0 Å². The molecule has 0 fully saturated rings. The molecule has 10 heteroatoms. The van der Waals surface area contributed by atoms with E-state index in [1.807, 2.05) is 0 Å². The number of rotatable bonds is 0. The average Bonchev–Trinajstić information content (AvgIpc) is 1.19. The van der Waals surface area contributed by atoms with Crippen LogP contribution >= 0.6 is 27.6 Å². The van der Waals surface area contributed by atoms with Crippen molar-refractivity contribution in [2.24, 2.45) is 0 Å².